The molecule has 6 rings (SSSR count). The van der Waals surface area contributed by atoms with Gasteiger partial charge in [0.25, 0.3) is 0 Å². The molecule has 0 saturated carbocycles. The number of methoxy groups -OCH3 is 1. The average Bonchev–Trinajstić information content (AvgIpc) is 3.42. The van der Waals surface area contributed by atoms with Crippen LogP contribution in [0.15, 0.2) is 73.2 Å². The number of carbonyl (C=O) groups is 1. The largest absolute Gasteiger partial charge is 0.495 e. The van der Waals surface area contributed by atoms with Crippen LogP contribution >= 0.6 is 0 Å². The quantitative estimate of drug-likeness (QED) is 0.228. The SMILES string of the molecule is COc1ccc(C(C)(C)C)cc1NC(=O)Nc1ccc(-c2cnc3c(c2)ncn3CCN2CCOCC2)c2ccccc12. The van der Waals surface area contributed by atoms with Crippen molar-refractivity contribution in [3.05, 3.63) is 78.8 Å². The Morgan fingerprint density at radius 3 is 2.47 bits per heavy atom. The molecule has 222 valence electrons. The van der Waals surface area contributed by atoms with Crippen LogP contribution in [0.1, 0.15) is 26.3 Å². The van der Waals surface area contributed by atoms with Gasteiger partial charge >= 0.3 is 6.03 Å². The van der Waals surface area contributed by atoms with Crippen LogP contribution in [-0.4, -0.2) is 65.4 Å². The van der Waals surface area contributed by atoms with E-state index in [4.69, 9.17) is 14.5 Å². The van der Waals surface area contributed by atoms with E-state index in [9.17, 15) is 4.79 Å². The van der Waals surface area contributed by atoms with Gasteiger partial charge in [-0.15, -0.1) is 0 Å². The second-order valence-corrected chi connectivity index (χ2v) is 11.9. The molecule has 1 saturated heterocycles. The Kier molecular flexibility index (Phi) is 8.01. The number of pyridine rings is 1. The molecule has 1 aliphatic rings. The first-order valence-corrected chi connectivity index (χ1v) is 14.7. The Hall–Kier alpha value is -4.47. The minimum absolute atomic E-state index is 0.0653. The topological polar surface area (TPSA) is 93.5 Å². The van der Waals surface area contributed by atoms with Crippen molar-refractivity contribution in [3.63, 3.8) is 0 Å². The standard InChI is InChI=1S/C34H38N6O3/c1-34(2,3)24-9-12-31(42-4)29(20-24)38-33(41)37-28-11-10-25(26-7-5-6-8-27(26)28)23-19-30-32(35-21-23)40(22-36-30)14-13-39-15-17-43-18-16-39/h5-12,19-22H,13-18H2,1-4H3,(H2,37,38,41). The number of fused-ring (bicyclic) bond motifs is 2. The summed E-state index contributed by atoms with van der Waals surface area (Å²) in [7, 11) is 1.60. The third kappa shape index (κ3) is 6.18. The van der Waals surface area contributed by atoms with Crippen molar-refractivity contribution >= 4 is 39.3 Å². The molecule has 0 unspecified atom stereocenters. The van der Waals surface area contributed by atoms with Crippen LogP contribution in [0.2, 0.25) is 0 Å². The number of anilines is 2. The summed E-state index contributed by atoms with van der Waals surface area (Å²) in [5.41, 5.74) is 6.11. The van der Waals surface area contributed by atoms with Crippen LogP contribution in [0.4, 0.5) is 16.2 Å². The van der Waals surface area contributed by atoms with Crippen LogP contribution in [0.5, 0.6) is 5.75 Å². The first-order chi connectivity index (χ1) is 20.8. The first kappa shape index (κ1) is 28.6. The molecule has 0 radical (unpaired) electrons. The van der Waals surface area contributed by atoms with Gasteiger partial charge in [-0.2, -0.15) is 0 Å². The van der Waals surface area contributed by atoms with Gasteiger partial charge in [-0.1, -0.05) is 57.2 Å². The molecule has 0 aliphatic carbocycles. The highest BCUT2D eigenvalue weighted by Crippen LogP contribution is 2.35. The van der Waals surface area contributed by atoms with Crippen LogP contribution in [-0.2, 0) is 16.7 Å². The molecule has 43 heavy (non-hydrogen) atoms. The molecule has 9 nitrogen and oxygen atoms in total. The van der Waals surface area contributed by atoms with Gasteiger partial charge in [0, 0.05) is 43.3 Å². The van der Waals surface area contributed by atoms with Gasteiger partial charge in [0.05, 0.1) is 38.0 Å². The van der Waals surface area contributed by atoms with Crippen molar-refractivity contribution in [1.29, 1.82) is 0 Å². The summed E-state index contributed by atoms with van der Waals surface area (Å²) in [4.78, 5) is 25.1. The third-order valence-corrected chi connectivity index (χ3v) is 8.01. The molecule has 3 heterocycles. The Bertz CT molecular complexity index is 1770. The van der Waals surface area contributed by atoms with E-state index < -0.39 is 0 Å². The summed E-state index contributed by atoms with van der Waals surface area (Å²) in [5, 5.41) is 7.98. The van der Waals surface area contributed by atoms with Gasteiger partial charge in [0.1, 0.15) is 11.3 Å². The smallest absolute Gasteiger partial charge is 0.323 e. The highest BCUT2D eigenvalue weighted by molar-refractivity contribution is 6.10. The normalized spacial score (nSPS) is 14.2. The number of ether oxygens (including phenoxy) is 2. The van der Waals surface area contributed by atoms with E-state index in [2.05, 4.69) is 58.0 Å². The number of rotatable bonds is 7. The zero-order valence-electron chi connectivity index (χ0n) is 25.2. The van der Waals surface area contributed by atoms with E-state index in [1.165, 1.54) is 0 Å². The lowest BCUT2D eigenvalue weighted by Crippen LogP contribution is -2.38. The number of amides is 2. The third-order valence-electron chi connectivity index (χ3n) is 8.01. The number of hydrogen-bond donors (Lipinski definition) is 2. The molecule has 0 spiro atoms. The second kappa shape index (κ2) is 12.0. The Balaban J connectivity index is 1.24. The lowest BCUT2D eigenvalue weighted by atomic mass is 9.87. The number of urea groups is 1. The van der Waals surface area contributed by atoms with Gasteiger partial charge in [-0.3, -0.25) is 4.90 Å². The minimum atomic E-state index is -0.340. The maximum Gasteiger partial charge on any atom is 0.323 e. The highest BCUT2D eigenvalue weighted by atomic mass is 16.5. The van der Waals surface area contributed by atoms with Crippen molar-refractivity contribution in [2.75, 3.05) is 50.6 Å². The Labute approximate surface area is 251 Å². The molecule has 9 heteroatoms. The fraction of sp³-hybridized carbons (Fsp3) is 0.324. The molecular weight excluding hydrogens is 540 g/mol. The van der Waals surface area contributed by atoms with Gasteiger partial charge in [0.2, 0.25) is 0 Å². The molecular formula is C34H38N6O3. The van der Waals surface area contributed by atoms with E-state index in [1.54, 1.807) is 7.11 Å². The van der Waals surface area contributed by atoms with E-state index in [1.807, 2.05) is 61.1 Å². The molecule has 1 aliphatic heterocycles. The molecule has 0 bridgehead atoms. The van der Waals surface area contributed by atoms with Crippen LogP contribution in [0, 0.1) is 0 Å². The number of imidazole rings is 1. The molecule has 3 aromatic carbocycles. The monoisotopic (exact) mass is 578 g/mol. The van der Waals surface area contributed by atoms with E-state index >= 15 is 0 Å². The second-order valence-electron chi connectivity index (χ2n) is 11.9. The zero-order valence-corrected chi connectivity index (χ0v) is 25.2. The molecule has 2 aromatic heterocycles. The van der Waals surface area contributed by atoms with Gasteiger partial charge in [0.15, 0.2) is 5.65 Å². The van der Waals surface area contributed by atoms with E-state index in [-0.39, 0.29) is 11.4 Å². The van der Waals surface area contributed by atoms with Crippen LogP contribution in [0.25, 0.3) is 33.1 Å². The molecule has 1 fully saturated rings. The Morgan fingerprint density at radius 2 is 1.70 bits per heavy atom. The maximum atomic E-state index is 13.2. The molecule has 0 atom stereocenters. The summed E-state index contributed by atoms with van der Waals surface area (Å²) < 4.78 is 13.1. The van der Waals surface area contributed by atoms with Crippen molar-refractivity contribution in [1.82, 2.24) is 19.4 Å². The fourth-order valence-corrected chi connectivity index (χ4v) is 5.54. The number of aromatic nitrogens is 3. The number of benzene rings is 3. The number of nitrogens with zero attached hydrogens (tertiary/aromatic N) is 4. The number of morpholine rings is 1. The lowest BCUT2D eigenvalue weighted by Gasteiger charge is -2.26. The predicted octanol–water partition coefficient (Wildman–Crippen LogP) is 6.53. The number of nitrogens with one attached hydrogen (secondary N) is 2. The first-order valence-electron chi connectivity index (χ1n) is 14.7. The number of hydrogen-bond acceptors (Lipinski definition) is 6. The van der Waals surface area contributed by atoms with Crippen molar-refractivity contribution in [3.8, 4) is 16.9 Å². The maximum absolute atomic E-state index is 13.2. The summed E-state index contributed by atoms with van der Waals surface area (Å²) in [6.07, 6.45) is 3.78. The lowest BCUT2D eigenvalue weighted by molar-refractivity contribution is 0.0365. The van der Waals surface area contributed by atoms with E-state index in [0.717, 1.165) is 78.0 Å². The highest BCUT2D eigenvalue weighted by Gasteiger charge is 2.18. The Morgan fingerprint density at radius 1 is 0.930 bits per heavy atom. The average molecular weight is 579 g/mol. The summed E-state index contributed by atoms with van der Waals surface area (Å²) in [5.74, 6) is 0.606. The van der Waals surface area contributed by atoms with Crippen LogP contribution < -0.4 is 15.4 Å². The molecule has 5 aromatic rings. The summed E-state index contributed by atoms with van der Waals surface area (Å²) >= 11 is 0. The molecule has 2 amide bonds. The van der Waals surface area contributed by atoms with E-state index in [0.29, 0.717) is 17.1 Å². The van der Waals surface area contributed by atoms with Crippen molar-refractivity contribution < 1.29 is 14.3 Å². The molecule has 2 N–H and O–H groups in total. The van der Waals surface area contributed by atoms with Gasteiger partial charge < -0.3 is 24.7 Å². The van der Waals surface area contributed by atoms with Crippen molar-refractivity contribution in [2.45, 2.75) is 32.7 Å². The summed E-state index contributed by atoms with van der Waals surface area (Å²) in [6.45, 7) is 11.7. The minimum Gasteiger partial charge on any atom is -0.495 e. The zero-order chi connectivity index (χ0) is 30.0. The van der Waals surface area contributed by atoms with Gasteiger partial charge in [-0.05, 0) is 46.2 Å². The van der Waals surface area contributed by atoms with Crippen molar-refractivity contribution in [2.24, 2.45) is 0 Å². The van der Waals surface area contributed by atoms with Gasteiger partial charge in [-0.25, -0.2) is 14.8 Å². The van der Waals surface area contributed by atoms with Crippen LogP contribution in [0.3, 0.4) is 0 Å². The predicted molar refractivity (Wildman–Crippen MR) is 172 cm³/mol. The summed E-state index contributed by atoms with van der Waals surface area (Å²) in [6, 6.07) is 19.6. The number of carbonyl (C=O) groups excluding carboxylic acids is 1. The fourth-order valence-electron chi connectivity index (χ4n) is 5.54.